The third kappa shape index (κ3) is 7.11. The molecule has 1 fully saturated rings. The van der Waals surface area contributed by atoms with Crippen molar-refractivity contribution in [2.45, 2.75) is 141 Å². The van der Waals surface area contributed by atoms with Gasteiger partial charge in [0.25, 0.3) is 0 Å². The molecule has 3 heterocycles. The number of imidazole rings is 1. The third-order valence-corrected chi connectivity index (χ3v) is 23.6. The summed E-state index contributed by atoms with van der Waals surface area (Å²) in [6, 6.07) is 0. The molecule has 234 valence electrons. The molecule has 0 radical (unpaired) electrons. The van der Waals surface area contributed by atoms with E-state index in [9.17, 15) is 0 Å². The highest BCUT2D eigenvalue weighted by atomic mass is 35.5. The summed E-state index contributed by atoms with van der Waals surface area (Å²) in [7, 11) is -6.62. The van der Waals surface area contributed by atoms with Crippen molar-refractivity contribution >= 4 is 53.7 Å². The summed E-state index contributed by atoms with van der Waals surface area (Å²) in [5.41, 5.74) is 7.00. The minimum atomic E-state index is -2.29. The van der Waals surface area contributed by atoms with Gasteiger partial charge in [0, 0.05) is 0 Å². The van der Waals surface area contributed by atoms with Crippen LogP contribution in [0.3, 0.4) is 0 Å². The number of anilines is 1. The van der Waals surface area contributed by atoms with E-state index in [-0.39, 0.29) is 38.4 Å². The summed E-state index contributed by atoms with van der Waals surface area (Å²) in [4.78, 5) is 13.1. The SMILES string of the molecule is CC(C)(C)[Si](C)(C)OC[C@H]1O[C@@H](n2cnc3c(Cl)nc(N)nc32)[C@H](O[Si](C)(C)C(C)(C)C)[C@@H]1O[Si](C)(C)C(C)(C)C. The van der Waals surface area contributed by atoms with Gasteiger partial charge in [-0.2, -0.15) is 9.97 Å². The molecule has 4 atom stereocenters. The lowest BCUT2D eigenvalue weighted by molar-refractivity contribution is -0.0470. The van der Waals surface area contributed by atoms with Crippen molar-refractivity contribution in [3.8, 4) is 0 Å². The summed E-state index contributed by atoms with van der Waals surface area (Å²) in [5, 5.41) is 0.234. The molecule has 0 bridgehead atoms. The normalized spacial score (nSPS) is 23.5. The van der Waals surface area contributed by atoms with Crippen LogP contribution >= 0.6 is 11.6 Å². The maximum atomic E-state index is 7.22. The summed E-state index contributed by atoms with van der Waals surface area (Å²) in [6.45, 7) is 34.2. The van der Waals surface area contributed by atoms with Crippen molar-refractivity contribution in [2.75, 3.05) is 12.3 Å². The van der Waals surface area contributed by atoms with E-state index in [2.05, 4.69) is 117 Å². The topological polar surface area (TPSA) is 107 Å². The Balaban J connectivity index is 2.18. The van der Waals surface area contributed by atoms with Crippen LogP contribution in [0.25, 0.3) is 11.2 Å². The smallest absolute Gasteiger partial charge is 0.223 e. The van der Waals surface area contributed by atoms with Crippen LogP contribution in [0, 0.1) is 0 Å². The minimum Gasteiger partial charge on any atom is -0.414 e. The number of nitrogens with zero attached hydrogens (tertiary/aromatic N) is 4. The number of rotatable bonds is 8. The van der Waals surface area contributed by atoms with Gasteiger partial charge in [0.05, 0.1) is 12.9 Å². The first kappa shape index (κ1) is 34.6. The highest BCUT2D eigenvalue weighted by Gasteiger charge is 2.55. The number of aromatic nitrogens is 4. The first-order valence-electron chi connectivity index (χ1n) is 14.6. The van der Waals surface area contributed by atoms with Crippen LogP contribution in [0.1, 0.15) is 68.5 Å². The Labute approximate surface area is 255 Å². The molecule has 1 aliphatic rings. The highest BCUT2D eigenvalue weighted by Crippen LogP contribution is 2.47. The van der Waals surface area contributed by atoms with Crippen LogP contribution in [0.4, 0.5) is 5.95 Å². The molecule has 0 unspecified atom stereocenters. The molecular weight excluding hydrogens is 590 g/mol. The average molecular weight is 644 g/mol. The number of hydrogen-bond acceptors (Lipinski definition) is 8. The first-order valence-corrected chi connectivity index (χ1v) is 23.7. The predicted molar refractivity (Wildman–Crippen MR) is 176 cm³/mol. The van der Waals surface area contributed by atoms with Crippen molar-refractivity contribution in [2.24, 2.45) is 0 Å². The van der Waals surface area contributed by atoms with Crippen molar-refractivity contribution in [3.63, 3.8) is 0 Å². The zero-order valence-corrected chi connectivity index (χ0v) is 31.7. The Bertz CT molecular complexity index is 1230. The molecule has 0 spiro atoms. The molecule has 1 aliphatic heterocycles. The third-order valence-electron chi connectivity index (χ3n) is 9.84. The van der Waals surface area contributed by atoms with E-state index in [4.69, 9.17) is 35.3 Å². The van der Waals surface area contributed by atoms with Gasteiger partial charge in [-0.3, -0.25) is 4.57 Å². The van der Waals surface area contributed by atoms with E-state index in [1.54, 1.807) is 6.33 Å². The fraction of sp³-hybridized carbons (Fsp3) is 0.821. The summed E-state index contributed by atoms with van der Waals surface area (Å²) >= 11 is 6.42. The fourth-order valence-corrected chi connectivity index (χ4v) is 7.80. The lowest BCUT2D eigenvalue weighted by Gasteiger charge is -2.44. The Kier molecular flexibility index (Phi) is 9.49. The monoisotopic (exact) mass is 643 g/mol. The predicted octanol–water partition coefficient (Wildman–Crippen LogP) is 7.76. The summed E-state index contributed by atoms with van der Waals surface area (Å²) in [6.07, 6.45) is -0.0117. The maximum absolute atomic E-state index is 7.22. The van der Waals surface area contributed by atoms with Crippen LogP contribution < -0.4 is 5.73 Å². The Morgan fingerprint density at radius 3 is 1.80 bits per heavy atom. The molecule has 9 nitrogen and oxygen atoms in total. The van der Waals surface area contributed by atoms with E-state index >= 15 is 0 Å². The van der Waals surface area contributed by atoms with Gasteiger partial charge in [-0.15, -0.1) is 0 Å². The standard InChI is InChI=1S/C28H54ClN5O4Si3/c1-26(2,3)39(10,11)35-16-18-20(37-40(12,13)27(4,5)6)21(38-41(14,15)28(7,8)9)24(36-18)34-17-31-19-22(29)32-25(30)33-23(19)34/h17-18,20-21,24H,16H2,1-15H3,(H2,30,32,33)/t18-,20-,21-,24-/m1/s1. The van der Waals surface area contributed by atoms with Gasteiger partial charge < -0.3 is 23.7 Å². The highest BCUT2D eigenvalue weighted by molar-refractivity contribution is 6.75. The molecule has 41 heavy (non-hydrogen) atoms. The second-order valence-electron chi connectivity index (χ2n) is 16.0. The number of hydrogen-bond donors (Lipinski definition) is 1. The lowest BCUT2D eigenvalue weighted by Crippen LogP contribution is -2.54. The molecule has 0 aliphatic carbocycles. The van der Waals surface area contributed by atoms with Gasteiger partial charge in [0.2, 0.25) is 5.95 Å². The van der Waals surface area contributed by atoms with Crippen LogP contribution in [0.2, 0.25) is 59.5 Å². The van der Waals surface area contributed by atoms with Crippen molar-refractivity contribution in [1.29, 1.82) is 0 Å². The van der Waals surface area contributed by atoms with Crippen molar-refractivity contribution in [3.05, 3.63) is 11.5 Å². The van der Waals surface area contributed by atoms with Crippen LogP contribution in [0.15, 0.2) is 6.33 Å². The average Bonchev–Trinajstić information content (AvgIpc) is 3.31. The molecule has 0 aromatic carbocycles. The number of nitrogen functional groups attached to an aromatic ring is 1. The molecule has 3 rings (SSSR count). The van der Waals surface area contributed by atoms with E-state index in [0.29, 0.717) is 17.8 Å². The largest absolute Gasteiger partial charge is 0.414 e. The number of fused-ring (bicyclic) bond motifs is 1. The maximum Gasteiger partial charge on any atom is 0.223 e. The van der Waals surface area contributed by atoms with Crippen LogP contribution in [-0.4, -0.2) is 69.4 Å². The van der Waals surface area contributed by atoms with Gasteiger partial charge >= 0.3 is 0 Å². The molecule has 0 amide bonds. The molecule has 1 saturated heterocycles. The minimum absolute atomic E-state index is 0.00560. The van der Waals surface area contributed by atoms with Crippen LogP contribution in [-0.2, 0) is 18.0 Å². The number of nitrogens with two attached hydrogens (primary N) is 1. The quantitative estimate of drug-likeness (QED) is 0.230. The molecule has 2 aromatic heterocycles. The molecule has 0 saturated carbocycles. The van der Waals surface area contributed by atoms with Gasteiger partial charge in [0.15, 0.2) is 42.0 Å². The second-order valence-corrected chi connectivity index (χ2v) is 30.7. The number of halogens is 1. The van der Waals surface area contributed by atoms with Gasteiger partial charge in [-0.05, 0) is 54.4 Å². The molecular formula is C28H54ClN5O4Si3. The van der Waals surface area contributed by atoms with E-state index in [1.807, 2.05) is 4.57 Å². The molecule has 2 aromatic rings. The Hall–Kier alpha value is -0.869. The van der Waals surface area contributed by atoms with Gasteiger partial charge in [-0.1, -0.05) is 73.9 Å². The molecule has 2 N–H and O–H groups in total. The lowest BCUT2D eigenvalue weighted by atomic mass is 10.1. The van der Waals surface area contributed by atoms with Gasteiger partial charge in [0.1, 0.15) is 23.8 Å². The van der Waals surface area contributed by atoms with E-state index in [1.165, 1.54) is 0 Å². The van der Waals surface area contributed by atoms with E-state index < -0.39 is 37.3 Å². The summed E-state index contributed by atoms with van der Waals surface area (Å²) < 4.78 is 30.0. The first-order chi connectivity index (χ1) is 18.3. The summed E-state index contributed by atoms with van der Waals surface area (Å²) in [5.74, 6) is 0.0796. The Morgan fingerprint density at radius 1 is 0.829 bits per heavy atom. The van der Waals surface area contributed by atoms with E-state index in [0.717, 1.165) is 0 Å². The zero-order chi connectivity index (χ0) is 31.6. The fourth-order valence-electron chi connectivity index (χ4n) is 3.96. The van der Waals surface area contributed by atoms with Crippen LogP contribution in [0.5, 0.6) is 0 Å². The Morgan fingerprint density at radius 2 is 1.32 bits per heavy atom. The number of ether oxygens (including phenoxy) is 1. The van der Waals surface area contributed by atoms with Crippen molar-refractivity contribution < 1.29 is 18.0 Å². The second kappa shape index (κ2) is 11.2. The van der Waals surface area contributed by atoms with Gasteiger partial charge in [-0.25, -0.2) is 4.98 Å². The zero-order valence-electron chi connectivity index (χ0n) is 28.0. The van der Waals surface area contributed by atoms with Crippen molar-refractivity contribution in [1.82, 2.24) is 19.5 Å². The molecule has 13 heteroatoms.